The smallest absolute Gasteiger partial charge is 0.238 e. The number of carbonyl (C=O) groups is 1. The summed E-state index contributed by atoms with van der Waals surface area (Å²) < 4.78 is 42.1. The maximum atomic E-state index is 13.7. The lowest BCUT2D eigenvalue weighted by Gasteiger charge is -2.43. The Morgan fingerprint density at radius 3 is 2.52 bits per heavy atom. The number of sulfonamides is 1. The molecule has 2 N–H and O–H groups in total. The highest BCUT2D eigenvalue weighted by molar-refractivity contribution is 7.93. The van der Waals surface area contributed by atoms with Gasteiger partial charge in [-0.15, -0.1) is 0 Å². The number of hydrogen-bond acceptors (Lipinski definition) is 6. The van der Waals surface area contributed by atoms with Gasteiger partial charge in [-0.05, 0) is 69.1 Å². The summed E-state index contributed by atoms with van der Waals surface area (Å²) in [5, 5.41) is -0.114. The first-order chi connectivity index (χ1) is 15.8. The van der Waals surface area contributed by atoms with Crippen molar-refractivity contribution < 1.29 is 17.6 Å². The van der Waals surface area contributed by atoms with E-state index < -0.39 is 21.4 Å². The number of benzene rings is 1. The van der Waals surface area contributed by atoms with Crippen LogP contribution in [0, 0.1) is 0 Å². The van der Waals surface area contributed by atoms with E-state index in [1.165, 1.54) is 10.5 Å². The number of nitrogens with two attached hydrogens (primary N) is 1. The third kappa shape index (κ3) is 5.37. The number of piperidine rings is 1. The van der Waals surface area contributed by atoms with E-state index >= 15 is 0 Å². The first kappa shape index (κ1) is 24.1. The van der Waals surface area contributed by atoms with E-state index in [0.29, 0.717) is 60.7 Å². The topological polar surface area (TPSA) is 96.6 Å². The van der Waals surface area contributed by atoms with Gasteiger partial charge < -0.3 is 10.6 Å². The average molecular weight is 495 g/mol. The Kier molecular flexibility index (Phi) is 7.33. The van der Waals surface area contributed by atoms with Crippen molar-refractivity contribution in [2.45, 2.75) is 49.7 Å². The Bertz CT molecular complexity index is 1090. The molecule has 0 atom stereocenters. The van der Waals surface area contributed by atoms with Crippen LogP contribution in [0.3, 0.4) is 0 Å². The number of aromatic nitrogens is 1. The van der Waals surface area contributed by atoms with E-state index in [4.69, 9.17) is 17.3 Å². The number of nitrogens with zero attached hydrogens (tertiary/aromatic N) is 3. The molecular weight excluding hydrogens is 467 g/mol. The summed E-state index contributed by atoms with van der Waals surface area (Å²) in [6.45, 7) is 1.18. The van der Waals surface area contributed by atoms with Crippen molar-refractivity contribution in [2.24, 2.45) is 5.73 Å². The van der Waals surface area contributed by atoms with Crippen LogP contribution in [-0.2, 0) is 16.6 Å². The summed E-state index contributed by atoms with van der Waals surface area (Å²) in [6.07, 6.45) is 2.76. The number of alkyl halides is 1. The third-order valence-electron chi connectivity index (χ3n) is 6.51. The van der Waals surface area contributed by atoms with E-state index in [9.17, 15) is 17.6 Å². The SMILES string of the molecule is NCC(=O)c1ccc(CN(c2cccc(Cl)c2)S(=O)(=O)C2CCN(C3CC(F)C3)CC2)nc1. The molecule has 1 saturated heterocycles. The van der Waals surface area contributed by atoms with Crippen molar-refractivity contribution in [3.8, 4) is 0 Å². The molecule has 0 amide bonds. The molecule has 1 aromatic carbocycles. The summed E-state index contributed by atoms with van der Waals surface area (Å²) in [6, 6.07) is 10.2. The molecule has 2 fully saturated rings. The largest absolute Gasteiger partial charge is 0.324 e. The molecule has 1 aromatic heterocycles. The first-order valence-electron chi connectivity index (χ1n) is 11.1. The summed E-state index contributed by atoms with van der Waals surface area (Å²) in [7, 11) is -3.72. The highest BCUT2D eigenvalue weighted by Crippen LogP contribution is 2.33. The highest BCUT2D eigenvalue weighted by atomic mass is 35.5. The molecule has 4 rings (SSSR count). The van der Waals surface area contributed by atoms with Crippen molar-refractivity contribution in [3.05, 3.63) is 58.9 Å². The minimum absolute atomic E-state index is 0.0200. The zero-order valence-electron chi connectivity index (χ0n) is 18.2. The van der Waals surface area contributed by atoms with Gasteiger partial charge in [-0.25, -0.2) is 12.8 Å². The van der Waals surface area contributed by atoms with Crippen LogP contribution in [0.2, 0.25) is 5.02 Å². The standard InChI is InChI=1S/C23H28ClFN4O3S/c24-17-2-1-3-20(10-17)29(15-19-5-4-16(14-27-19)23(30)13-26)33(31,32)22-6-8-28(9-7-22)21-11-18(25)12-21/h1-5,10,14,18,21-22H,6-9,11-13,15,26H2. The number of rotatable bonds is 8. The number of ketones is 1. The second-order valence-electron chi connectivity index (χ2n) is 8.65. The summed E-state index contributed by atoms with van der Waals surface area (Å²) in [5.41, 5.74) is 6.76. The van der Waals surface area contributed by atoms with Crippen LogP contribution >= 0.6 is 11.6 Å². The van der Waals surface area contributed by atoms with Crippen molar-refractivity contribution in [2.75, 3.05) is 23.9 Å². The molecule has 1 aliphatic heterocycles. The zero-order chi connectivity index (χ0) is 23.6. The summed E-state index contributed by atoms with van der Waals surface area (Å²) in [5.74, 6) is -0.231. The van der Waals surface area contributed by atoms with Gasteiger partial charge in [0, 0.05) is 22.8 Å². The Balaban J connectivity index is 1.55. The maximum Gasteiger partial charge on any atom is 0.238 e. The second kappa shape index (κ2) is 10.0. The van der Waals surface area contributed by atoms with Crippen molar-refractivity contribution in [1.82, 2.24) is 9.88 Å². The molecule has 7 nitrogen and oxygen atoms in total. The number of hydrogen-bond donors (Lipinski definition) is 1. The van der Waals surface area contributed by atoms with Gasteiger partial charge >= 0.3 is 0 Å². The van der Waals surface area contributed by atoms with E-state index in [1.54, 1.807) is 36.4 Å². The Labute approximate surface area is 198 Å². The van der Waals surface area contributed by atoms with Gasteiger partial charge in [-0.3, -0.25) is 14.1 Å². The molecular formula is C23H28ClFN4O3S. The molecule has 1 saturated carbocycles. The van der Waals surface area contributed by atoms with Gasteiger partial charge in [0.2, 0.25) is 10.0 Å². The maximum absolute atomic E-state index is 13.7. The van der Waals surface area contributed by atoms with Crippen LogP contribution in [0.1, 0.15) is 41.7 Å². The number of halogens is 2. The van der Waals surface area contributed by atoms with Crippen LogP contribution < -0.4 is 10.0 Å². The fourth-order valence-electron chi connectivity index (χ4n) is 4.45. The monoisotopic (exact) mass is 494 g/mol. The molecule has 1 aliphatic carbocycles. The van der Waals surface area contributed by atoms with E-state index in [0.717, 1.165) is 0 Å². The van der Waals surface area contributed by atoms with Crippen LogP contribution in [0.15, 0.2) is 42.6 Å². The van der Waals surface area contributed by atoms with Gasteiger partial charge in [-0.1, -0.05) is 17.7 Å². The predicted molar refractivity (Wildman–Crippen MR) is 127 cm³/mol. The van der Waals surface area contributed by atoms with Gasteiger partial charge in [-0.2, -0.15) is 0 Å². The Morgan fingerprint density at radius 1 is 1.21 bits per heavy atom. The lowest BCUT2D eigenvalue weighted by atomic mass is 9.88. The Morgan fingerprint density at radius 2 is 1.94 bits per heavy atom. The van der Waals surface area contributed by atoms with Crippen LogP contribution in [0.5, 0.6) is 0 Å². The minimum atomic E-state index is -3.72. The number of pyridine rings is 1. The van der Waals surface area contributed by atoms with E-state index in [1.807, 2.05) is 0 Å². The van der Waals surface area contributed by atoms with Crippen LogP contribution in [0.25, 0.3) is 0 Å². The van der Waals surface area contributed by atoms with Crippen molar-refractivity contribution in [3.63, 3.8) is 0 Å². The molecule has 0 spiro atoms. The fourth-order valence-corrected chi connectivity index (χ4v) is 6.52. The number of anilines is 1. The normalized spacial score (nSPS) is 22.0. The highest BCUT2D eigenvalue weighted by Gasteiger charge is 2.40. The predicted octanol–water partition coefficient (Wildman–Crippen LogP) is 3.18. The number of carbonyl (C=O) groups excluding carboxylic acids is 1. The van der Waals surface area contributed by atoms with Gasteiger partial charge in [0.1, 0.15) is 6.17 Å². The first-order valence-corrected chi connectivity index (χ1v) is 13.0. The molecule has 10 heteroatoms. The Hall–Kier alpha value is -2.07. The van der Waals surface area contributed by atoms with Gasteiger partial charge in [0.25, 0.3) is 0 Å². The molecule has 33 heavy (non-hydrogen) atoms. The van der Waals surface area contributed by atoms with E-state index in [2.05, 4.69) is 9.88 Å². The van der Waals surface area contributed by atoms with Crippen LogP contribution in [-0.4, -0.2) is 61.2 Å². The molecule has 0 radical (unpaired) electrons. The molecule has 2 heterocycles. The third-order valence-corrected chi connectivity index (χ3v) is 9.01. The zero-order valence-corrected chi connectivity index (χ0v) is 19.8. The molecule has 0 unspecified atom stereocenters. The number of Topliss-reactive ketones (excluding diaryl/α,β-unsaturated/α-hetero) is 1. The molecule has 2 aromatic rings. The number of likely N-dealkylation sites (tertiary alicyclic amines) is 1. The van der Waals surface area contributed by atoms with Crippen molar-refractivity contribution >= 4 is 33.1 Å². The quantitative estimate of drug-likeness (QED) is 0.566. The molecule has 0 bridgehead atoms. The minimum Gasteiger partial charge on any atom is -0.324 e. The summed E-state index contributed by atoms with van der Waals surface area (Å²) in [4.78, 5) is 18.3. The summed E-state index contributed by atoms with van der Waals surface area (Å²) >= 11 is 6.16. The average Bonchev–Trinajstić information content (AvgIpc) is 2.80. The van der Waals surface area contributed by atoms with Crippen LogP contribution in [0.4, 0.5) is 10.1 Å². The van der Waals surface area contributed by atoms with Gasteiger partial charge in [0.05, 0.1) is 29.7 Å². The van der Waals surface area contributed by atoms with Gasteiger partial charge in [0.15, 0.2) is 5.78 Å². The molecule has 2 aliphatic rings. The van der Waals surface area contributed by atoms with Crippen molar-refractivity contribution in [1.29, 1.82) is 0 Å². The van der Waals surface area contributed by atoms with E-state index in [-0.39, 0.29) is 24.9 Å². The lowest BCUT2D eigenvalue weighted by molar-refractivity contribution is 0.0424. The molecule has 178 valence electrons. The lowest BCUT2D eigenvalue weighted by Crippen LogP contribution is -2.52. The fraction of sp³-hybridized carbons (Fsp3) is 0.478. The second-order valence-corrected chi connectivity index (χ2v) is 11.2.